The molecule has 2 aromatic carbocycles. The molecule has 0 aliphatic carbocycles. The summed E-state index contributed by atoms with van der Waals surface area (Å²) in [6.07, 6.45) is 4.84. The van der Waals surface area contributed by atoms with Crippen LogP contribution in [0.4, 0.5) is 16.2 Å². The second-order valence-electron chi connectivity index (χ2n) is 12.6. The van der Waals surface area contributed by atoms with Gasteiger partial charge in [-0.1, -0.05) is 45.9 Å². The van der Waals surface area contributed by atoms with Crippen LogP contribution in [-0.4, -0.2) is 66.9 Å². The van der Waals surface area contributed by atoms with Crippen LogP contribution in [0.2, 0.25) is 0 Å². The predicted molar refractivity (Wildman–Crippen MR) is 191 cm³/mol. The van der Waals surface area contributed by atoms with Gasteiger partial charge in [-0.2, -0.15) is 0 Å². The number of hydrogen-bond donors (Lipinski definition) is 2. The number of anilines is 2. The summed E-state index contributed by atoms with van der Waals surface area (Å²) < 4.78 is 11.6. The molecule has 2 N–H and O–H groups in total. The maximum absolute atomic E-state index is 14.2. The minimum absolute atomic E-state index is 0.125. The third-order valence-electron chi connectivity index (χ3n) is 8.54. The maximum atomic E-state index is 14.2. The topological polar surface area (TPSA) is 99.8 Å². The molecule has 248 valence electrons. The van der Waals surface area contributed by atoms with Gasteiger partial charge in [0.05, 0.1) is 13.2 Å². The van der Waals surface area contributed by atoms with Crippen molar-refractivity contribution in [1.29, 1.82) is 0 Å². The molecular weight excluding hydrogens is 590 g/mol. The Labute approximate surface area is 277 Å². The van der Waals surface area contributed by atoms with Gasteiger partial charge in [0.1, 0.15) is 23.7 Å². The minimum atomic E-state index is -0.361. The number of unbranched alkanes of at least 4 members (excludes halogenated alkanes) is 1. The van der Waals surface area contributed by atoms with E-state index in [-0.39, 0.29) is 29.1 Å². The Hall–Kier alpha value is -4.47. The maximum Gasteiger partial charge on any atom is 0.326 e. The van der Waals surface area contributed by atoms with Crippen LogP contribution < -0.4 is 20.5 Å². The van der Waals surface area contributed by atoms with Crippen LogP contribution in [0.1, 0.15) is 63.5 Å². The van der Waals surface area contributed by atoms with E-state index in [4.69, 9.17) is 9.47 Å². The summed E-state index contributed by atoms with van der Waals surface area (Å²) in [7, 11) is 0. The standard InChI is InChI=1S/C38H47N5O4/c1-6-7-8-15-43(34-25-29-12-10-14-39-36(29)41-37(34)44)38(45)40-35-32(26(2)3)23-30(24-33(35)27(4)5)28-11-9-13-31(22-28)47-21-18-42-16-19-46-20-17-42/h6,9-14,22-27H,1,7-8,15-21H2,2-5H3,(H,40,45)(H,39,41,44). The van der Waals surface area contributed by atoms with Gasteiger partial charge in [0.15, 0.2) is 0 Å². The van der Waals surface area contributed by atoms with Crippen LogP contribution >= 0.6 is 0 Å². The van der Waals surface area contributed by atoms with E-state index in [9.17, 15) is 9.59 Å². The first-order chi connectivity index (χ1) is 22.7. The Balaban J connectivity index is 1.45. The second-order valence-corrected chi connectivity index (χ2v) is 12.6. The van der Waals surface area contributed by atoms with Crippen molar-refractivity contribution in [3.63, 3.8) is 0 Å². The SMILES string of the molecule is C=CCCCN(C(=O)Nc1c(C(C)C)cc(-c2cccc(OCCN3CCOCC3)c2)cc1C(C)C)c1cc2cccnc2[nH]c1=O. The molecule has 0 radical (unpaired) electrons. The van der Waals surface area contributed by atoms with Crippen LogP contribution in [0.15, 0.2) is 78.2 Å². The minimum Gasteiger partial charge on any atom is -0.492 e. The van der Waals surface area contributed by atoms with Gasteiger partial charge in [-0.25, -0.2) is 9.78 Å². The molecule has 2 aromatic heterocycles. The fourth-order valence-electron chi connectivity index (χ4n) is 5.92. The molecule has 1 saturated heterocycles. The summed E-state index contributed by atoms with van der Waals surface area (Å²) in [6.45, 7) is 17.6. The highest BCUT2D eigenvalue weighted by molar-refractivity contribution is 6.03. The predicted octanol–water partition coefficient (Wildman–Crippen LogP) is 7.55. The second kappa shape index (κ2) is 15.9. The zero-order valence-corrected chi connectivity index (χ0v) is 28.1. The lowest BCUT2D eigenvalue weighted by Gasteiger charge is -2.27. The first-order valence-corrected chi connectivity index (χ1v) is 16.6. The van der Waals surface area contributed by atoms with Gasteiger partial charge < -0.3 is 19.8 Å². The molecule has 2 amide bonds. The first-order valence-electron chi connectivity index (χ1n) is 16.6. The number of nitrogens with zero attached hydrogens (tertiary/aromatic N) is 3. The van der Waals surface area contributed by atoms with Gasteiger partial charge in [-0.3, -0.25) is 14.6 Å². The van der Waals surface area contributed by atoms with Crippen LogP contribution in [-0.2, 0) is 4.74 Å². The number of amides is 2. The lowest BCUT2D eigenvalue weighted by Crippen LogP contribution is -2.39. The number of pyridine rings is 2. The summed E-state index contributed by atoms with van der Waals surface area (Å²) in [4.78, 5) is 38.4. The molecule has 0 unspecified atom stereocenters. The lowest BCUT2D eigenvalue weighted by molar-refractivity contribution is 0.0322. The smallest absolute Gasteiger partial charge is 0.326 e. The zero-order chi connectivity index (χ0) is 33.3. The Bertz CT molecular complexity index is 1710. The van der Waals surface area contributed by atoms with E-state index in [0.29, 0.717) is 25.2 Å². The highest BCUT2D eigenvalue weighted by Crippen LogP contribution is 2.38. The summed E-state index contributed by atoms with van der Waals surface area (Å²) in [5.41, 5.74) is 5.37. The Morgan fingerprint density at radius 1 is 1.06 bits per heavy atom. The molecule has 3 heterocycles. The molecule has 9 heteroatoms. The van der Waals surface area contributed by atoms with E-state index in [0.717, 1.165) is 78.3 Å². The number of aromatic amines is 1. The van der Waals surface area contributed by atoms with Crippen LogP contribution in [0.25, 0.3) is 22.2 Å². The number of carbonyl (C=O) groups is 1. The fourth-order valence-corrected chi connectivity index (χ4v) is 5.92. The van der Waals surface area contributed by atoms with E-state index < -0.39 is 0 Å². The number of allylic oxidation sites excluding steroid dienone is 1. The molecule has 4 aromatic rings. The number of benzene rings is 2. The number of rotatable bonds is 13. The summed E-state index contributed by atoms with van der Waals surface area (Å²) in [5, 5.41) is 4.00. The number of urea groups is 1. The van der Waals surface area contributed by atoms with Crippen molar-refractivity contribution in [2.45, 2.75) is 52.4 Å². The average molecular weight is 638 g/mol. The van der Waals surface area contributed by atoms with Crippen molar-refractivity contribution in [1.82, 2.24) is 14.9 Å². The van der Waals surface area contributed by atoms with Gasteiger partial charge in [0, 0.05) is 43.4 Å². The molecule has 1 aliphatic rings. The van der Waals surface area contributed by atoms with E-state index in [2.05, 4.69) is 78.7 Å². The number of H-pyrrole nitrogens is 1. The van der Waals surface area contributed by atoms with Crippen LogP contribution in [0.5, 0.6) is 5.75 Å². The van der Waals surface area contributed by atoms with Crippen molar-refractivity contribution < 1.29 is 14.3 Å². The molecule has 9 nitrogen and oxygen atoms in total. The van der Waals surface area contributed by atoms with E-state index in [1.54, 1.807) is 12.3 Å². The highest BCUT2D eigenvalue weighted by atomic mass is 16.5. The Kier molecular flexibility index (Phi) is 11.5. The third kappa shape index (κ3) is 8.47. The first kappa shape index (κ1) is 33.9. The van der Waals surface area contributed by atoms with Gasteiger partial charge >= 0.3 is 6.03 Å². The molecule has 47 heavy (non-hydrogen) atoms. The number of morpholine rings is 1. The summed E-state index contributed by atoms with van der Waals surface area (Å²) in [5.74, 6) is 1.08. The third-order valence-corrected chi connectivity index (χ3v) is 8.54. The average Bonchev–Trinajstić information content (AvgIpc) is 3.07. The number of carbonyl (C=O) groups excluding carboxylic acids is 1. The molecule has 0 spiro atoms. The normalized spacial score (nSPS) is 13.7. The van der Waals surface area contributed by atoms with Crippen LogP contribution in [0.3, 0.4) is 0 Å². The van der Waals surface area contributed by atoms with Crippen molar-refractivity contribution >= 4 is 28.4 Å². The number of ether oxygens (including phenoxy) is 2. The number of hydrogen-bond acceptors (Lipinski definition) is 6. The largest absolute Gasteiger partial charge is 0.492 e. The van der Waals surface area contributed by atoms with E-state index >= 15 is 0 Å². The van der Waals surface area contributed by atoms with Gasteiger partial charge in [0.2, 0.25) is 0 Å². The highest BCUT2D eigenvalue weighted by Gasteiger charge is 2.24. The monoisotopic (exact) mass is 637 g/mol. The zero-order valence-electron chi connectivity index (χ0n) is 28.1. The Morgan fingerprint density at radius 2 is 1.81 bits per heavy atom. The van der Waals surface area contributed by atoms with Crippen LogP contribution in [0, 0.1) is 0 Å². The van der Waals surface area contributed by atoms with Crippen molar-refractivity contribution in [2.75, 3.05) is 56.2 Å². The van der Waals surface area contributed by atoms with Gasteiger partial charge in [-0.05, 0) is 89.4 Å². The molecule has 1 fully saturated rings. The molecule has 1 aliphatic heterocycles. The van der Waals surface area contributed by atoms with Gasteiger partial charge in [-0.15, -0.1) is 6.58 Å². The summed E-state index contributed by atoms with van der Waals surface area (Å²) >= 11 is 0. The Morgan fingerprint density at radius 3 is 2.51 bits per heavy atom. The number of fused-ring (bicyclic) bond motifs is 1. The number of nitrogens with one attached hydrogen (secondary N) is 2. The van der Waals surface area contributed by atoms with Crippen molar-refractivity contribution in [2.24, 2.45) is 0 Å². The van der Waals surface area contributed by atoms with E-state index in [1.807, 2.05) is 30.3 Å². The van der Waals surface area contributed by atoms with Crippen molar-refractivity contribution in [3.8, 4) is 16.9 Å². The lowest BCUT2D eigenvalue weighted by atomic mass is 9.88. The molecular formula is C38H47N5O4. The summed E-state index contributed by atoms with van der Waals surface area (Å²) in [6, 6.07) is 17.6. The van der Waals surface area contributed by atoms with Crippen molar-refractivity contribution in [3.05, 3.63) is 94.9 Å². The fraction of sp³-hybridized carbons (Fsp3) is 0.395. The quantitative estimate of drug-likeness (QED) is 0.116. The molecule has 0 bridgehead atoms. The number of aromatic nitrogens is 2. The molecule has 5 rings (SSSR count). The molecule has 0 saturated carbocycles. The van der Waals surface area contributed by atoms with E-state index in [1.165, 1.54) is 4.90 Å². The van der Waals surface area contributed by atoms with Gasteiger partial charge in [0.25, 0.3) is 5.56 Å². The molecule has 0 atom stereocenters.